The van der Waals surface area contributed by atoms with Gasteiger partial charge in [-0.1, -0.05) is 0 Å². The van der Waals surface area contributed by atoms with E-state index < -0.39 is 5.97 Å². The van der Waals surface area contributed by atoms with Gasteiger partial charge in [0, 0.05) is 19.0 Å². The van der Waals surface area contributed by atoms with Crippen LogP contribution >= 0.6 is 0 Å². The molecule has 2 aliphatic heterocycles. The van der Waals surface area contributed by atoms with Crippen LogP contribution in [-0.4, -0.2) is 34.5 Å². The van der Waals surface area contributed by atoms with Gasteiger partial charge in [0.05, 0.1) is 5.92 Å². The van der Waals surface area contributed by atoms with Crippen LogP contribution in [0.2, 0.25) is 0 Å². The summed E-state index contributed by atoms with van der Waals surface area (Å²) in [6.45, 7) is 0.429. The summed E-state index contributed by atoms with van der Waals surface area (Å²) >= 11 is 0. The molecule has 0 aromatic carbocycles. The zero-order valence-electron chi connectivity index (χ0n) is 8.11. The molecule has 2 aliphatic rings. The quantitative estimate of drug-likeness (QED) is 0.678. The summed E-state index contributed by atoms with van der Waals surface area (Å²) in [6, 6.07) is 0.326. The second-order valence-electron chi connectivity index (χ2n) is 4.20. The van der Waals surface area contributed by atoms with E-state index in [2.05, 4.69) is 0 Å². The first-order valence-electron chi connectivity index (χ1n) is 5.21. The Hall–Kier alpha value is -1.06. The van der Waals surface area contributed by atoms with Crippen molar-refractivity contribution >= 4 is 11.9 Å². The highest BCUT2D eigenvalue weighted by molar-refractivity contribution is 5.79. The molecule has 1 N–H and O–H groups in total. The average Bonchev–Trinajstić information content (AvgIpc) is 2.18. The topological polar surface area (TPSA) is 57.6 Å². The molecule has 2 heterocycles. The van der Waals surface area contributed by atoms with Crippen LogP contribution in [0.25, 0.3) is 0 Å². The predicted molar refractivity (Wildman–Crippen MR) is 49.7 cm³/mol. The number of hydrogen-bond donors (Lipinski definition) is 1. The lowest BCUT2D eigenvalue weighted by Crippen LogP contribution is -2.50. The third-order valence-electron chi connectivity index (χ3n) is 3.30. The van der Waals surface area contributed by atoms with Gasteiger partial charge in [-0.2, -0.15) is 0 Å². The van der Waals surface area contributed by atoms with Gasteiger partial charge in [0.25, 0.3) is 0 Å². The molecule has 0 unspecified atom stereocenters. The minimum atomic E-state index is -0.762. The molecule has 4 nitrogen and oxygen atoms in total. The fourth-order valence-corrected chi connectivity index (χ4v) is 2.47. The molecule has 0 bridgehead atoms. The van der Waals surface area contributed by atoms with Crippen molar-refractivity contribution in [2.75, 3.05) is 6.54 Å². The lowest BCUT2D eigenvalue weighted by molar-refractivity contribution is -0.149. The normalized spacial score (nSPS) is 32.6. The van der Waals surface area contributed by atoms with E-state index in [4.69, 9.17) is 5.11 Å². The molecular formula is C10H15NO3. The van der Waals surface area contributed by atoms with Gasteiger partial charge in [-0.05, 0) is 25.7 Å². The van der Waals surface area contributed by atoms with Gasteiger partial charge in [0.2, 0.25) is 5.91 Å². The molecule has 0 spiro atoms. The first-order valence-corrected chi connectivity index (χ1v) is 5.21. The molecule has 2 atom stereocenters. The predicted octanol–water partition coefficient (Wildman–Crippen LogP) is 0.862. The molecule has 2 saturated heterocycles. The minimum Gasteiger partial charge on any atom is -0.481 e. The van der Waals surface area contributed by atoms with Crippen LogP contribution in [0.5, 0.6) is 0 Å². The maximum atomic E-state index is 11.5. The zero-order valence-corrected chi connectivity index (χ0v) is 8.11. The van der Waals surface area contributed by atoms with Crippen LogP contribution in [0.15, 0.2) is 0 Å². The Kier molecular flexibility index (Phi) is 2.44. The standard InChI is InChI=1S/C10H15NO3/c12-9-3-1-2-8-5-4-7(10(13)14)6-11(8)9/h7-8H,1-6H2,(H,13,14)/t7-,8+/m0/s1. The summed E-state index contributed by atoms with van der Waals surface area (Å²) in [7, 11) is 0. The molecule has 0 aromatic heterocycles. The molecule has 0 aliphatic carbocycles. The number of carbonyl (C=O) groups is 2. The van der Waals surface area contributed by atoms with Gasteiger partial charge < -0.3 is 10.0 Å². The smallest absolute Gasteiger partial charge is 0.308 e. The lowest BCUT2D eigenvalue weighted by atomic mass is 9.87. The summed E-state index contributed by atoms with van der Waals surface area (Å²) < 4.78 is 0. The fraction of sp³-hybridized carbons (Fsp3) is 0.800. The van der Waals surface area contributed by atoms with Crippen molar-refractivity contribution in [3.05, 3.63) is 0 Å². The number of aliphatic carboxylic acids is 1. The van der Waals surface area contributed by atoms with Crippen molar-refractivity contribution in [2.45, 2.75) is 38.1 Å². The Balaban J connectivity index is 2.05. The Bertz CT molecular complexity index is 264. The first-order chi connectivity index (χ1) is 6.68. The van der Waals surface area contributed by atoms with E-state index in [1.165, 1.54) is 0 Å². The fourth-order valence-electron chi connectivity index (χ4n) is 2.47. The number of carboxylic acids is 1. The molecule has 1 amide bonds. The summed E-state index contributed by atoms with van der Waals surface area (Å²) in [6.07, 6.45) is 4.21. The average molecular weight is 197 g/mol. The molecule has 2 fully saturated rings. The van der Waals surface area contributed by atoms with Crippen molar-refractivity contribution in [2.24, 2.45) is 5.92 Å². The number of fused-ring (bicyclic) bond motifs is 1. The number of rotatable bonds is 1. The number of carbonyl (C=O) groups excluding carboxylic acids is 1. The number of piperidine rings is 2. The summed E-state index contributed by atoms with van der Waals surface area (Å²) in [5.74, 6) is -0.956. The Morgan fingerprint density at radius 2 is 2.14 bits per heavy atom. The number of nitrogens with zero attached hydrogens (tertiary/aromatic N) is 1. The van der Waals surface area contributed by atoms with Crippen LogP contribution in [0, 0.1) is 5.92 Å². The molecule has 0 aromatic rings. The van der Waals surface area contributed by atoms with Crippen LogP contribution in [-0.2, 0) is 9.59 Å². The van der Waals surface area contributed by atoms with E-state index in [-0.39, 0.29) is 11.8 Å². The molecule has 0 radical (unpaired) electrons. The van der Waals surface area contributed by atoms with Gasteiger partial charge in [-0.25, -0.2) is 0 Å². The Labute approximate surface area is 82.9 Å². The maximum absolute atomic E-state index is 11.5. The second kappa shape index (κ2) is 3.59. The molecule has 0 saturated carbocycles. The van der Waals surface area contributed by atoms with Crippen LogP contribution in [0.1, 0.15) is 32.1 Å². The number of amides is 1. The second-order valence-corrected chi connectivity index (χ2v) is 4.20. The molecule has 4 heteroatoms. The molecule has 78 valence electrons. The largest absolute Gasteiger partial charge is 0.481 e. The van der Waals surface area contributed by atoms with E-state index in [0.29, 0.717) is 19.0 Å². The number of carboxylic acid groups (broad SMARTS) is 1. The first kappa shape index (κ1) is 9.49. The van der Waals surface area contributed by atoms with Crippen molar-refractivity contribution in [3.8, 4) is 0 Å². The maximum Gasteiger partial charge on any atom is 0.308 e. The SMILES string of the molecule is O=C(O)[C@H]1CC[C@H]2CCCC(=O)N2C1. The molecule has 2 rings (SSSR count). The summed E-state index contributed by atoms with van der Waals surface area (Å²) in [5.41, 5.74) is 0. The van der Waals surface area contributed by atoms with Crippen molar-refractivity contribution in [1.82, 2.24) is 4.90 Å². The Morgan fingerprint density at radius 1 is 1.36 bits per heavy atom. The minimum absolute atomic E-state index is 0.146. The van der Waals surface area contributed by atoms with E-state index in [1.807, 2.05) is 0 Å². The third-order valence-corrected chi connectivity index (χ3v) is 3.30. The van der Waals surface area contributed by atoms with E-state index in [1.54, 1.807) is 4.90 Å². The Morgan fingerprint density at radius 3 is 2.86 bits per heavy atom. The van der Waals surface area contributed by atoms with E-state index in [9.17, 15) is 9.59 Å². The van der Waals surface area contributed by atoms with Gasteiger partial charge in [-0.15, -0.1) is 0 Å². The van der Waals surface area contributed by atoms with Gasteiger partial charge in [0.15, 0.2) is 0 Å². The van der Waals surface area contributed by atoms with Gasteiger partial charge in [-0.3, -0.25) is 9.59 Å². The van der Waals surface area contributed by atoms with Crippen molar-refractivity contribution in [1.29, 1.82) is 0 Å². The van der Waals surface area contributed by atoms with Crippen LogP contribution < -0.4 is 0 Å². The highest BCUT2D eigenvalue weighted by atomic mass is 16.4. The monoisotopic (exact) mass is 197 g/mol. The highest BCUT2D eigenvalue weighted by Gasteiger charge is 2.36. The third kappa shape index (κ3) is 1.61. The van der Waals surface area contributed by atoms with Gasteiger partial charge in [0.1, 0.15) is 0 Å². The van der Waals surface area contributed by atoms with Crippen LogP contribution in [0.4, 0.5) is 0 Å². The van der Waals surface area contributed by atoms with E-state index in [0.717, 1.165) is 25.7 Å². The number of hydrogen-bond acceptors (Lipinski definition) is 2. The van der Waals surface area contributed by atoms with Crippen LogP contribution in [0.3, 0.4) is 0 Å². The zero-order chi connectivity index (χ0) is 10.1. The van der Waals surface area contributed by atoms with Gasteiger partial charge >= 0.3 is 5.97 Å². The molecular weight excluding hydrogens is 182 g/mol. The summed E-state index contributed by atoms with van der Waals surface area (Å²) in [4.78, 5) is 24.1. The summed E-state index contributed by atoms with van der Waals surface area (Å²) in [5, 5.41) is 8.88. The highest BCUT2D eigenvalue weighted by Crippen LogP contribution is 2.29. The van der Waals surface area contributed by atoms with Crippen molar-refractivity contribution in [3.63, 3.8) is 0 Å². The lowest BCUT2D eigenvalue weighted by Gasteiger charge is -2.41. The molecule has 14 heavy (non-hydrogen) atoms. The van der Waals surface area contributed by atoms with Crippen molar-refractivity contribution < 1.29 is 14.7 Å². The van der Waals surface area contributed by atoms with E-state index >= 15 is 0 Å².